The smallest absolute Gasteiger partial charge is 0.340 e. The molecule has 0 saturated carbocycles. The highest BCUT2D eigenvalue weighted by molar-refractivity contribution is 7.99. The standard InChI is InChI=1S/C23H22F3N5OS2/c1-12-7-14-10-27-4-3-13(14)8-16(12)29-22-28-11-15(23(24,25)26)19(30-22)17-9-18-20(34-17)21(32)31(2)5-6-33-18/h7-9,11,27H,3-6,10H2,1-2H3,(H,28,29,30). The monoisotopic (exact) mass is 505 g/mol. The van der Waals surface area contributed by atoms with Crippen LogP contribution in [-0.2, 0) is 19.1 Å². The van der Waals surface area contributed by atoms with Gasteiger partial charge in [-0.05, 0) is 48.7 Å². The lowest BCUT2D eigenvalue weighted by Gasteiger charge is -2.20. The van der Waals surface area contributed by atoms with Crippen LogP contribution >= 0.6 is 23.1 Å². The molecule has 178 valence electrons. The lowest BCUT2D eigenvalue weighted by Crippen LogP contribution is -2.26. The zero-order valence-corrected chi connectivity index (χ0v) is 20.2. The van der Waals surface area contributed by atoms with Crippen molar-refractivity contribution in [3.8, 4) is 10.6 Å². The second kappa shape index (κ2) is 8.86. The van der Waals surface area contributed by atoms with Gasteiger partial charge in [-0.25, -0.2) is 9.97 Å². The molecule has 2 N–H and O–H groups in total. The molecule has 11 heteroatoms. The van der Waals surface area contributed by atoms with Crippen LogP contribution in [0.5, 0.6) is 0 Å². The number of fused-ring (bicyclic) bond motifs is 2. The van der Waals surface area contributed by atoms with Gasteiger partial charge < -0.3 is 15.5 Å². The lowest BCUT2D eigenvalue weighted by atomic mass is 9.97. The summed E-state index contributed by atoms with van der Waals surface area (Å²) in [7, 11) is 1.70. The van der Waals surface area contributed by atoms with Crippen LogP contribution in [0.25, 0.3) is 10.6 Å². The van der Waals surface area contributed by atoms with Gasteiger partial charge in [-0.3, -0.25) is 4.79 Å². The molecule has 1 amide bonds. The number of hydrogen-bond acceptors (Lipinski definition) is 7. The average Bonchev–Trinajstić information content (AvgIpc) is 3.17. The van der Waals surface area contributed by atoms with Gasteiger partial charge in [0.15, 0.2) is 0 Å². The highest BCUT2D eigenvalue weighted by atomic mass is 32.2. The third kappa shape index (κ3) is 4.39. The Morgan fingerprint density at radius 3 is 2.82 bits per heavy atom. The van der Waals surface area contributed by atoms with Gasteiger partial charge in [-0.1, -0.05) is 6.07 Å². The van der Waals surface area contributed by atoms with Gasteiger partial charge in [0, 0.05) is 42.7 Å². The molecule has 0 atom stereocenters. The molecule has 3 aromatic rings. The minimum atomic E-state index is -4.63. The topological polar surface area (TPSA) is 70.2 Å². The Kier molecular flexibility index (Phi) is 6.03. The predicted molar refractivity (Wildman–Crippen MR) is 128 cm³/mol. The second-order valence-corrected chi connectivity index (χ2v) is 10.5. The molecule has 2 aromatic heterocycles. The van der Waals surface area contributed by atoms with Crippen LogP contribution in [0.4, 0.5) is 24.8 Å². The van der Waals surface area contributed by atoms with E-state index in [1.807, 2.05) is 13.0 Å². The number of carbonyl (C=O) groups excluding carboxylic acids is 1. The van der Waals surface area contributed by atoms with Crippen molar-refractivity contribution in [2.24, 2.45) is 0 Å². The molecule has 2 aliphatic rings. The molecule has 0 radical (unpaired) electrons. The first-order valence-electron chi connectivity index (χ1n) is 10.8. The molecule has 1 aromatic carbocycles. The van der Waals surface area contributed by atoms with Crippen LogP contribution in [-0.4, -0.2) is 46.7 Å². The molecule has 0 spiro atoms. The van der Waals surface area contributed by atoms with Crippen LogP contribution in [0.2, 0.25) is 0 Å². The van der Waals surface area contributed by atoms with Crippen molar-refractivity contribution in [1.82, 2.24) is 20.2 Å². The Morgan fingerprint density at radius 2 is 2.03 bits per heavy atom. The van der Waals surface area contributed by atoms with Crippen LogP contribution in [0, 0.1) is 6.92 Å². The number of anilines is 2. The average molecular weight is 506 g/mol. The maximum Gasteiger partial charge on any atom is 0.420 e. The molecule has 0 bridgehead atoms. The van der Waals surface area contributed by atoms with E-state index in [1.165, 1.54) is 22.9 Å². The van der Waals surface area contributed by atoms with Crippen LogP contribution in [0.15, 0.2) is 29.3 Å². The summed E-state index contributed by atoms with van der Waals surface area (Å²) in [4.78, 5) is 24.0. The zero-order valence-electron chi connectivity index (χ0n) is 18.5. The number of aromatic nitrogens is 2. The lowest BCUT2D eigenvalue weighted by molar-refractivity contribution is -0.137. The first kappa shape index (κ1) is 23.1. The summed E-state index contributed by atoms with van der Waals surface area (Å²) in [5.41, 5.74) is 2.99. The van der Waals surface area contributed by atoms with E-state index in [-0.39, 0.29) is 17.5 Å². The van der Waals surface area contributed by atoms with Crippen LogP contribution in [0.3, 0.4) is 0 Å². The minimum absolute atomic E-state index is 0.0830. The molecule has 0 aliphatic carbocycles. The number of hydrogen-bond donors (Lipinski definition) is 2. The predicted octanol–water partition coefficient (Wildman–Crippen LogP) is 5.10. The molecule has 6 nitrogen and oxygen atoms in total. The van der Waals surface area contributed by atoms with Gasteiger partial charge >= 0.3 is 6.18 Å². The molecule has 5 rings (SSSR count). The molecule has 0 unspecified atom stereocenters. The number of halogens is 3. The van der Waals surface area contributed by atoms with E-state index in [4.69, 9.17) is 0 Å². The van der Waals surface area contributed by atoms with Gasteiger partial charge in [-0.15, -0.1) is 23.1 Å². The summed E-state index contributed by atoms with van der Waals surface area (Å²) in [6.45, 7) is 4.21. The number of alkyl halides is 3. The van der Waals surface area contributed by atoms with E-state index >= 15 is 0 Å². The first-order valence-corrected chi connectivity index (χ1v) is 12.6. The Morgan fingerprint density at radius 1 is 1.21 bits per heavy atom. The molecule has 0 saturated heterocycles. The van der Waals surface area contributed by atoms with E-state index in [2.05, 4.69) is 26.7 Å². The van der Waals surface area contributed by atoms with E-state index in [1.54, 1.807) is 18.0 Å². The Bertz CT molecular complexity index is 1270. The summed E-state index contributed by atoms with van der Waals surface area (Å²) >= 11 is 2.51. The van der Waals surface area contributed by atoms with Crippen LogP contribution < -0.4 is 10.6 Å². The highest BCUT2D eigenvalue weighted by Gasteiger charge is 2.37. The number of benzene rings is 1. The number of amides is 1. The van der Waals surface area contributed by atoms with E-state index in [0.29, 0.717) is 26.9 Å². The number of rotatable bonds is 3. The summed E-state index contributed by atoms with van der Waals surface area (Å²) in [6.07, 6.45) is -2.93. The summed E-state index contributed by atoms with van der Waals surface area (Å²) in [5.74, 6) is 0.581. The molecular weight excluding hydrogens is 483 g/mol. The molecule has 34 heavy (non-hydrogen) atoms. The SMILES string of the molecule is Cc1cc2c(cc1Nc1ncc(C(F)(F)F)c(-c3cc4c(s3)C(=O)N(C)CCS4)n1)CCNC2. The normalized spacial score (nSPS) is 16.1. The largest absolute Gasteiger partial charge is 0.420 e. The van der Waals surface area contributed by atoms with Crippen molar-refractivity contribution in [2.75, 3.05) is 31.2 Å². The Labute approximate surface area is 203 Å². The van der Waals surface area contributed by atoms with Gasteiger partial charge in [0.1, 0.15) is 10.4 Å². The van der Waals surface area contributed by atoms with Crippen molar-refractivity contribution in [1.29, 1.82) is 0 Å². The van der Waals surface area contributed by atoms with E-state index in [9.17, 15) is 18.0 Å². The fraction of sp³-hybridized carbons (Fsp3) is 0.348. The second-order valence-electron chi connectivity index (χ2n) is 8.32. The number of nitrogens with one attached hydrogen (secondary N) is 2. The molecule has 4 heterocycles. The number of thioether (sulfide) groups is 1. The Hall–Kier alpha value is -2.63. The fourth-order valence-corrected chi connectivity index (χ4v) is 6.50. The molecular formula is C23H22F3N5OS2. The third-order valence-electron chi connectivity index (χ3n) is 5.93. The number of aryl methyl sites for hydroxylation is 1. The van der Waals surface area contributed by atoms with Crippen molar-refractivity contribution in [3.05, 3.63) is 51.5 Å². The number of nitrogens with zero attached hydrogens (tertiary/aromatic N) is 3. The maximum absolute atomic E-state index is 13.9. The van der Waals surface area contributed by atoms with Crippen molar-refractivity contribution >= 4 is 40.6 Å². The van der Waals surface area contributed by atoms with E-state index < -0.39 is 11.7 Å². The maximum atomic E-state index is 13.9. The summed E-state index contributed by atoms with van der Waals surface area (Å²) in [6, 6.07) is 5.73. The van der Waals surface area contributed by atoms with Gasteiger partial charge in [0.25, 0.3) is 5.91 Å². The first-order chi connectivity index (χ1) is 16.2. The van der Waals surface area contributed by atoms with E-state index in [0.717, 1.165) is 48.3 Å². The third-order valence-corrected chi connectivity index (χ3v) is 8.21. The summed E-state index contributed by atoms with van der Waals surface area (Å²) in [5, 5.41) is 6.45. The van der Waals surface area contributed by atoms with Gasteiger partial charge in [0.05, 0.1) is 10.6 Å². The van der Waals surface area contributed by atoms with Crippen molar-refractivity contribution in [2.45, 2.75) is 31.0 Å². The fourth-order valence-electron chi connectivity index (χ4n) is 4.06. The van der Waals surface area contributed by atoms with Gasteiger partial charge in [-0.2, -0.15) is 13.2 Å². The number of thiophene rings is 1. The Balaban J connectivity index is 1.55. The zero-order chi connectivity index (χ0) is 24.0. The molecule has 0 fully saturated rings. The van der Waals surface area contributed by atoms with Crippen molar-refractivity contribution in [3.63, 3.8) is 0 Å². The highest BCUT2D eigenvalue weighted by Crippen LogP contribution is 2.43. The quantitative estimate of drug-likeness (QED) is 0.516. The number of carbonyl (C=O) groups is 1. The van der Waals surface area contributed by atoms with Gasteiger partial charge in [0.2, 0.25) is 5.95 Å². The summed E-state index contributed by atoms with van der Waals surface area (Å²) < 4.78 is 41.6. The van der Waals surface area contributed by atoms with Crippen molar-refractivity contribution < 1.29 is 18.0 Å². The van der Waals surface area contributed by atoms with Crippen LogP contribution in [0.1, 0.15) is 31.9 Å². The minimum Gasteiger partial charge on any atom is -0.340 e. The molecule has 2 aliphatic heterocycles.